The van der Waals surface area contributed by atoms with E-state index in [1.54, 1.807) is 7.11 Å². The monoisotopic (exact) mass is 277 g/mol. The van der Waals surface area contributed by atoms with Gasteiger partial charge in [0.2, 0.25) is 0 Å². The number of carbonyl (C=O) groups excluding carboxylic acids is 1. The molecule has 0 aliphatic carbocycles. The molecule has 0 aromatic heterocycles. The SMILES string of the molecule is COc1cc(C)c(C(=O)N[C@H](C)C(C)C)cc1C(C)C. The Labute approximate surface area is 122 Å². The van der Waals surface area contributed by atoms with Crippen molar-refractivity contribution in [1.29, 1.82) is 0 Å². The molecule has 0 heterocycles. The first kappa shape index (κ1) is 16.5. The van der Waals surface area contributed by atoms with Crippen molar-refractivity contribution in [1.82, 2.24) is 5.32 Å². The van der Waals surface area contributed by atoms with Crippen LogP contribution >= 0.6 is 0 Å². The highest BCUT2D eigenvalue weighted by Crippen LogP contribution is 2.29. The Morgan fingerprint density at radius 1 is 1.15 bits per heavy atom. The average Bonchev–Trinajstić information content (AvgIpc) is 2.37. The predicted molar refractivity (Wildman–Crippen MR) is 83.6 cm³/mol. The van der Waals surface area contributed by atoms with Gasteiger partial charge in [0, 0.05) is 11.6 Å². The first-order valence-electron chi connectivity index (χ1n) is 7.27. The molecule has 1 aromatic rings. The maximum atomic E-state index is 12.4. The Morgan fingerprint density at radius 3 is 2.20 bits per heavy atom. The summed E-state index contributed by atoms with van der Waals surface area (Å²) in [4.78, 5) is 12.4. The maximum absolute atomic E-state index is 12.4. The zero-order valence-corrected chi connectivity index (χ0v) is 13.7. The Bertz CT molecular complexity index is 478. The Balaban J connectivity index is 3.12. The highest BCUT2D eigenvalue weighted by atomic mass is 16.5. The van der Waals surface area contributed by atoms with Gasteiger partial charge in [-0.25, -0.2) is 0 Å². The van der Waals surface area contributed by atoms with Crippen molar-refractivity contribution in [2.75, 3.05) is 7.11 Å². The summed E-state index contributed by atoms with van der Waals surface area (Å²) >= 11 is 0. The molecular formula is C17H27NO2. The molecule has 0 saturated carbocycles. The van der Waals surface area contributed by atoms with Crippen LogP contribution in [0.5, 0.6) is 5.75 Å². The highest BCUT2D eigenvalue weighted by Gasteiger charge is 2.18. The number of hydrogen-bond donors (Lipinski definition) is 1. The fourth-order valence-corrected chi connectivity index (χ4v) is 2.02. The number of hydrogen-bond acceptors (Lipinski definition) is 2. The maximum Gasteiger partial charge on any atom is 0.251 e. The Hall–Kier alpha value is -1.51. The topological polar surface area (TPSA) is 38.3 Å². The van der Waals surface area contributed by atoms with E-state index in [4.69, 9.17) is 4.74 Å². The number of methoxy groups -OCH3 is 1. The minimum atomic E-state index is -0.00625. The van der Waals surface area contributed by atoms with Gasteiger partial charge in [0.25, 0.3) is 5.91 Å². The van der Waals surface area contributed by atoms with Gasteiger partial charge in [0.1, 0.15) is 5.75 Å². The molecule has 3 heteroatoms. The first-order valence-corrected chi connectivity index (χ1v) is 7.27. The molecule has 20 heavy (non-hydrogen) atoms. The number of aryl methyl sites for hydroxylation is 1. The lowest BCUT2D eigenvalue weighted by molar-refractivity contribution is 0.0929. The number of benzene rings is 1. The molecule has 1 atom stereocenters. The van der Waals surface area contributed by atoms with Crippen LogP contribution in [0.1, 0.15) is 62.0 Å². The van der Waals surface area contributed by atoms with Gasteiger partial charge in [-0.15, -0.1) is 0 Å². The summed E-state index contributed by atoms with van der Waals surface area (Å²) < 4.78 is 5.41. The third-order valence-electron chi connectivity index (χ3n) is 3.80. The molecule has 3 nitrogen and oxygen atoms in total. The largest absolute Gasteiger partial charge is 0.496 e. The molecule has 0 spiro atoms. The van der Waals surface area contributed by atoms with Gasteiger partial charge in [-0.2, -0.15) is 0 Å². The second-order valence-corrected chi connectivity index (χ2v) is 6.07. The zero-order chi connectivity index (χ0) is 15.4. The summed E-state index contributed by atoms with van der Waals surface area (Å²) in [5.41, 5.74) is 2.75. The zero-order valence-electron chi connectivity index (χ0n) is 13.7. The molecule has 0 aliphatic heterocycles. The third kappa shape index (κ3) is 3.75. The smallest absolute Gasteiger partial charge is 0.251 e. The Morgan fingerprint density at radius 2 is 1.75 bits per heavy atom. The van der Waals surface area contributed by atoms with Crippen LogP contribution in [0.2, 0.25) is 0 Å². The number of ether oxygens (including phenoxy) is 1. The Kier molecular flexibility index (Phi) is 5.61. The van der Waals surface area contributed by atoms with E-state index in [2.05, 4.69) is 33.0 Å². The summed E-state index contributed by atoms with van der Waals surface area (Å²) in [6.45, 7) is 12.4. The lowest BCUT2D eigenvalue weighted by atomic mass is 9.95. The van der Waals surface area contributed by atoms with Crippen LogP contribution in [0.15, 0.2) is 12.1 Å². The van der Waals surface area contributed by atoms with E-state index in [9.17, 15) is 4.79 Å². The fourth-order valence-electron chi connectivity index (χ4n) is 2.02. The molecule has 1 aromatic carbocycles. The van der Waals surface area contributed by atoms with Crippen LogP contribution in [0.25, 0.3) is 0 Å². The normalized spacial score (nSPS) is 12.7. The molecule has 0 fully saturated rings. The molecular weight excluding hydrogens is 250 g/mol. The minimum absolute atomic E-state index is 0.00625. The number of amides is 1. The lowest BCUT2D eigenvalue weighted by Gasteiger charge is -2.20. The molecule has 1 amide bonds. The molecule has 1 rings (SSSR count). The van der Waals surface area contributed by atoms with Crippen LogP contribution < -0.4 is 10.1 Å². The van der Waals surface area contributed by atoms with Gasteiger partial charge < -0.3 is 10.1 Å². The number of nitrogens with one attached hydrogen (secondary N) is 1. The van der Waals surface area contributed by atoms with E-state index in [1.807, 2.05) is 26.0 Å². The van der Waals surface area contributed by atoms with Crippen molar-refractivity contribution in [3.63, 3.8) is 0 Å². The molecule has 0 aliphatic rings. The van der Waals surface area contributed by atoms with Crippen LogP contribution in [0, 0.1) is 12.8 Å². The van der Waals surface area contributed by atoms with Crippen molar-refractivity contribution in [3.05, 3.63) is 28.8 Å². The van der Waals surface area contributed by atoms with Crippen LogP contribution in [-0.4, -0.2) is 19.1 Å². The molecule has 0 saturated heterocycles. The van der Waals surface area contributed by atoms with Crippen molar-refractivity contribution in [2.45, 2.75) is 53.5 Å². The number of carbonyl (C=O) groups is 1. The predicted octanol–water partition coefficient (Wildman–Crippen LogP) is 3.90. The van der Waals surface area contributed by atoms with E-state index in [0.29, 0.717) is 11.8 Å². The van der Waals surface area contributed by atoms with Gasteiger partial charge in [0.15, 0.2) is 0 Å². The summed E-state index contributed by atoms with van der Waals surface area (Å²) in [5, 5.41) is 3.06. The lowest BCUT2D eigenvalue weighted by Crippen LogP contribution is -2.36. The molecule has 112 valence electrons. The summed E-state index contributed by atoms with van der Waals surface area (Å²) in [6, 6.07) is 4.07. The van der Waals surface area contributed by atoms with Gasteiger partial charge in [0.05, 0.1) is 7.11 Å². The van der Waals surface area contributed by atoms with Crippen molar-refractivity contribution >= 4 is 5.91 Å². The van der Waals surface area contributed by atoms with Crippen molar-refractivity contribution in [3.8, 4) is 5.75 Å². The van der Waals surface area contributed by atoms with E-state index in [0.717, 1.165) is 22.4 Å². The van der Waals surface area contributed by atoms with E-state index in [-0.39, 0.29) is 11.9 Å². The summed E-state index contributed by atoms with van der Waals surface area (Å²) in [6.07, 6.45) is 0. The number of rotatable bonds is 5. The van der Waals surface area contributed by atoms with Crippen LogP contribution in [0.3, 0.4) is 0 Å². The van der Waals surface area contributed by atoms with Gasteiger partial charge >= 0.3 is 0 Å². The van der Waals surface area contributed by atoms with Crippen molar-refractivity contribution < 1.29 is 9.53 Å². The quantitative estimate of drug-likeness (QED) is 0.886. The fraction of sp³-hybridized carbons (Fsp3) is 0.588. The van der Waals surface area contributed by atoms with E-state index >= 15 is 0 Å². The molecule has 0 radical (unpaired) electrons. The summed E-state index contributed by atoms with van der Waals surface area (Å²) in [5.74, 6) is 1.58. The second-order valence-electron chi connectivity index (χ2n) is 6.07. The minimum Gasteiger partial charge on any atom is -0.496 e. The molecule has 0 bridgehead atoms. The third-order valence-corrected chi connectivity index (χ3v) is 3.80. The highest BCUT2D eigenvalue weighted by molar-refractivity contribution is 5.96. The standard InChI is InChI=1S/C17H27NO2/c1-10(2)13(6)18-17(19)15-9-14(11(3)4)16(20-7)8-12(15)5/h8-11,13H,1-7H3,(H,18,19)/t13-/m1/s1. The second kappa shape index (κ2) is 6.78. The van der Waals surface area contributed by atoms with E-state index in [1.165, 1.54) is 0 Å². The van der Waals surface area contributed by atoms with Gasteiger partial charge in [-0.1, -0.05) is 27.7 Å². The van der Waals surface area contributed by atoms with Crippen molar-refractivity contribution in [2.24, 2.45) is 5.92 Å². The average molecular weight is 277 g/mol. The first-order chi connectivity index (χ1) is 9.27. The van der Waals surface area contributed by atoms with Crippen LogP contribution in [0.4, 0.5) is 0 Å². The van der Waals surface area contributed by atoms with Gasteiger partial charge in [-0.05, 0) is 48.9 Å². The van der Waals surface area contributed by atoms with Gasteiger partial charge in [-0.3, -0.25) is 4.79 Å². The molecule has 1 N–H and O–H groups in total. The molecule has 0 unspecified atom stereocenters. The van der Waals surface area contributed by atoms with E-state index < -0.39 is 0 Å². The van der Waals surface area contributed by atoms with Crippen LogP contribution in [-0.2, 0) is 0 Å². The summed E-state index contributed by atoms with van der Waals surface area (Å²) in [7, 11) is 1.67.